The Morgan fingerprint density at radius 1 is 1.22 bits per heavy atom. The summed E-state index contributed by atoms with van der Waals surface area (Å²) in [4.78, 5) is 0. The molecule has 0 bridgehead atoms. The highest BCUT2D eigenvalue weighted by molar-refractivity contribution is 9.10. The first-order chi connectivity index (χ1) is 8.59. The number of hydrogen-bond donors (Lipinski definition) is 1. The predicted octanol–water partition coefficient (Wildman–Crippen LogP) is 4.18. The van der Waals surface area contributed by atoms with Crippen molar-refractivity contribution in [3.63, 3.8) is 0 Å². The number of rotatable bonds is 3. The van der Waals surface area contributed by atoms with E-state index in [0.29, 0.717) is 15.8 Å². The minimum Gasteiger partial charge on any atom is -0.508 e. The van der Waals surface area contributed by atoms with Crippen LogP contribution in [0.4, 0.5) is 4.39 Å². The van der Waals surface area contributed by atoms with Gasteiger partial charge in [0.2, 0.25) is 0 Å². The Morgan fingerprint density at radius 2 is 1.94 bits per heavy atom. The minimum absolute atomic E-state index is 0.186. The molecule has 0 amide bonds. The van der Waals surface area contributed by atoms with Crippen molar-refractivity contribution in [1.29, 1.82) is 0 Å². The average Bonchev–Trinajstić information content (AvgIpc) is 2.36. The van der Waals surface area contributed by atoms with E-state index in [-0.39, 0.29) is 18.2 Å². The number of ether oxygens (including phenoxy) is 1. The van der Waals surface area contributed by atoms with E-state index in [4.69, 9.17) is 4.74 Å². The molecule has 2 rings (SSSR count). The van der Waals surface area contributed by atoms with E-state index in [1.54, 1.807) is 37.3 Å². The van der Waals surface area contributed by atoms with E-state index in [9.17, 15) is 9.50 Å². The van der Waals surface area contributed by atoms with E-state index >= 15 is 0 Å². The van der Waals surface area contributed by atoms with Crippen LogP contribution in [-0.4, -0.2) is 5.11 Å². The number of aromatic hydroxyl groups is 1. The fourth-order valence-corrected chi connectivity index (χ4v) is 1.95. The highest BCUT2D eigenvalue weighted by Gasteiger charge is 2.08. The molecule has 0 heterocycles. The van der Waals surface area contributed by atoms with Gasteiger partial charge >= 0.3 is 0 Å². The average molecular weight is 311 g/mol. The highest BCUT2D eigenvalue weighted by Crippen LogP contribution is 2.28. The summed E-state index contributed by atoms with van der Waals surface area (Å²) in [6, 6.07) is 9.87. The van der Waals surface area contributed by atoms with Gasteiger partial charge in [-0.2, -0.15) is 0 Å². The monoisotopic (exact) mass is 310 g/mol. The van der Waals surface area contributed by atoms with Crippen LogP contribution in [0.25, 0.3) is 0 Å². The molecule has 0 unspecified atom stereocenters. The molecule has 1 N–H and O–H groups in total. The van der Waals surface area contributed by atoms with Crippen LogP contribution in [-0.2, 0) is 6.61 Å². The summed E-state index contributed by atoms with van der Waals surface area (Å²) >= 11 is 3.18. The molecular formula is C14H12BrFO2. The second-order valence-electron chi connectivity index (χ2n) is 3.90. The van der Waals surface area contributed by atoms with Crippen molar-refractivity contribution in [3.05, 3.63) is 57.8 Å². The molecule has 0 spiro atoms. The molecule has 0 atom stereocenters. The van der Waals surface area contributed by atoms with E-state index in [0.717, 1.165) is 5.56 Å². The van der Waals surface area contributed by atoms with E-state index in [2.05, 4.69) is 15.9 Å². The summed E-state index contributed by atoms with van der Waals surface area (Å²) in [5, 5.41) is 9.55. The molecule has 2 aromatic rings. The summed E-state index contributed by atoms with van der Waals surface area (Å²) in [5.41, 5.74) is 1.39. The fourth-order valence-electron chi connectivity index (χ4n) is 1.57. The molecule has 0 aliphatic carbocycles. The lowest BCUT2D eigenvalue weighted by molar-refractivity contribution is 0.300. The number of benzene rings is 2. The lowest BCUT2D eigenvalue weighted by atomic mass is 10.2. The van der Waals surface area contributed by atoms with Crippen LogP contribution in [0.1, 0.15) is 11.1 Å². The van der Waals surface area contributed by atoms with Crippen LogP contribution in [0.15, 0.2) is 40.9 Å². The summed E-state index contributed by atoms with van der Waals surface area (Å²) in [6.07, 6.45) is 0. The van der Waals surface area contributed by atoms with Crippen LogP contribution in [0.2, 0.25) is 0 Å². The molecular weight excluding hydrogens is 299 g/mol. The van der Waals surface area contributed by atoms with Gasteiger partial charge in [-0.05, 0) is 41.1 Å². The normalized spacial score (nSPS) is 10.4. The van der Waals surface area contributed by atoms with E-state index < -0.39 is 0 Å². The Balaban J connectivity index is 2.17. The number of phenols is 1. The molecule has 0 saturated heterocycles. The van der Waals surface area contributed by atoms with Crippen molar-refractivity contribution >= 4 is 15.9 Å². The standard InChI is InChI=1S/C14H12BrFO2/c1-9-12(17)6-3-7-13(9)18-8-10-4-2-5-11(16)14(10)15/h2-7,17H,8H2,1H3. The zero-order valence-corrected chi connectivity index (χ0v) is 11.4. The number of hydrogen-bond acceptors (Lipinski definition) is 2. The first kappa shape index (κ1) is 12.9. The van der Waals surface area contributed by atoms with Gasteiger partial charge in [0.15, 0.2) is 0 Å². The Morgan fingerprint density at radius 3 is 2.72 bits per heavy atom. The maximum atomic E-state index is 13.3. The smallest absolute Gasteiger partial charge is 0.137 e. The quantitative estimate of drug-likeness (QED) is 0.921. The summed E-state index contributed by atoms with van der Waals surface area (Å²) in [5.74, 6) is 0.459. The fraction of sp³-hybridized carbons (Fsp3) is 0.143. The molecule has 0 aliphatic heterocycles. The van der Waals surface area contributed by atoms with Gasteiger partial charge in [-0.3, -0.25) is 0 Å². The van der Waals surface area contributed by atoms with Gasteiger partial charge in [-0.1, -0.05) is 18.2 Å². The van der Waals surface area contributed by atoms with Crippen LogP contribution in [0, 0.1) is 12.7 Å². The van der Waals surface area contributed by atoms with Crippen molar-refractivity contribution in [1.82, 2.24) is 0 Å². The van der Waals surface area contributed by atoms with Crippen molar-refractivity contribution < 1.29 is 14.2 Å². The largest absolute Gasteiger partial charge is 0.508 e. The Labute approximate surface area is 113 Å². The van der Waals surface area contributed by atoms with Crippen molar-refractivity contribution in [2.24, 2.45) is 0 Å². The van der Waals surface area contributed by atoms with Gasteiger partial charge < -0.3 is 9.84 Å². The van der Waals surface area contributed by atoms with Gasteiger partial charge in [0.25, 0.3) is 0 Å². The van der Waals surface area contributed by atoms with Gasteiger partial charge in [0, 0.05) is 11.1 Å². The molecule has 2 nitrogen and oxygen atoms in total. The number of phenolic OH excluding ortho intramolecular Hbond substituents is 1. The molecule has 2 aromatic carbocycles. The first-order valence-electron chi connectivity index (χ1n) is 5.44. The lowest BCUT2D eigenvalue weighted by Gasteiger charge is -2.11. The zero-order valence-electron chi connectivity index (χ0n) is 9.78. The molecule has 0 fully saturated rings. The zero-order chi connectivity index (χ0) is 13.1. The highest BCUT2D eigenvalue weighted by atomic mass is 79.9. The van der Waals surface area contributed by atoms with Gasteiger partial charge in [0.1, 0.15) is 23.9 Å². The third kappa shape index (κ3) is 2.64. The summed E-state index contributed by atoms with van der Waals surface area (Å²) < 4.78 is 19.3. The maximum absolute atomic E-state index is 13.3. The molecule has 0 saturated carbocycles. The van der Waals surface area contributed by atoms with Gasteiger partial charge in [-0.25, -0.2) is 4.39 Å². The molecule has 18 heavy (non-hydrogen) atoms. The van der Waals surface area contributed by atoms with Gasteiger partial charge in [0.05, 0.1) is 4.47 Å². The summed E-state index contributed by atoms with van der Waals surface area (Å²) in [7, 11) is 0. The Kier molecular flexibility index (Phi) is 3.87. The molecule has 0 aromatic heterocycles. The van der Waals surface area contributed by atoms with Crippen LogP contribution in [0.3, 0.4) is 0 Å². The molecule has 0 radical (unpaired) electrons. The van der Waals surface area contributed by atoms with E-state index in [1.165, 1.54) is 6.07 Å². The second kappa shape index (κ2) is 5.40. The minimum atomic E-state index is -0.316. The van der Waals surface area contributed by atoms with Gasteiger partial charge in [-0.15, -0.1) is 0 Å². The van der Waals surface area contributed by atoms with Crippen molar-refractivity contribution in [2.75, 3.05) is 0 Å². The summed E-state index contributed by atoms with van der Waals surface area (Å²) in [6.45, 7) is 2.01. The topological polar surface area (TPSA) is 29.5 Å². The van der Waals surface area contributed by atoms with Crippen molar-refractivity contribution in [3.8, 4) is 11.5 Å². The number of halogens is 2. The Bertz CT molecular complexity index is 518. The SMILES string of the molecule is Cc1c(O)cccc1OCc1cccc(F)c1Br. The molecule has 0 aliphatic rings. The van der Waals surface area contributed by atoms with Crippen LogP contribution >= 0.6 is 15.9 Å². The van der Waals surface area contributed by atoms with Crippen molar-refractivity contribution in [2.45, 2.75) is 13.5 Å². The first-order valence-corrected chi connectivity index (χ1v) is 6.23. The predicted molar refractivity (Wildman–Crippen MR) is 71.3 cm³/mol. The van der Waals surface area contributed by atoms with Crippen LogP contribution in [0.5, 0.6) is 11.5 Å². The van der Waals surface area contributed by atoms with Crippen LogP contribution < -0.4 is 4.74 Å². The molecule has 94 valence electrons. The second-order valence-corrected chi connectivity index (χ2v) is 4.69. The Hall–Kier alpha value is -1.55. The third-order valence-corrected chi connectivity index (χ3v) is 3.56. The lowest BCUT2D eigenvalue weighted by Crippen LogP contribution is -1.99. The third-order valence-electron chi connectivity index (χ3n) is 2.67. The maximum Gasteiger partial charge on any atom is 0.137 e. The van der Waals surface area contributed by atoms with E-state index in [1.807, 2.05) is 0 Å². The molecule has 4 heteroatoms.